The van der Waals surface area contributed by atoms with Crippen LogP contribution in [-0.4, -0.2) is 33.6 Å². The SMILES string of the molecule is COC[C@@H](C)n1c(COc2ccccc2F)nnc1SCc1c(C)noc1C. The van der Waals surface area contributed by atoms with Crippen molar-refractivity contribution in [3.8, 4) is 5.75 Å². The quantitative estimate of drug-likeness (QED) is 0.495. The molecule has 0 saturated heterocycles. The maximum atomic E-state index is 13.8. The molecular weight excluding hydrogens is 383 g/mol. The van der Waals surface area contributed by atoms with Gasteiger partial charge in [0, 0.05) is 18.4 Å². The third-order valence-corrected chi connectivity index (χ3v) is 5.27. The fourth-order valence-electron chi connectivity index (χ4n) is 2.81. The lowest BCUT2D eigenvalue weighted by atomic mass is 10.2. The van der Waals surface area contributed by atoms with Gasteiger partial charge in [-0.15, -0.1) is 10.2 Å². The van der Waals surface area contributed by atoms with Crippen LogP contribution in [0.2, 0.25) is 0 Å². The molecular formula is C19H23FN4O3S. The molecule has 0 unspecified atom stereocenters. The molecule has 0 amide bonds. The summed E-state index contributed by atoms with van der Waals surface area (Å²) in [4.78, 5) is 0. The van der Waals surface area contributed by atoms with Gasteiger partial charge in [-0.05, 0) is 32.9 Å². The summed E-state index contributed by atoms with van der Waals surface area (Å²) in [7, 11) is 1.65. The topological polar surface area (TPSA) is 75.2 Å². The van der Waals surface area contributed by atoms with Crippen LogP contribution in [0.25, 0.3) is 0 Å². The van der Waals surface area contributed by atoms with Crippen LogP contribution in [0.5, 0.6) is 5.75 Å². The Morgan fingerprint density at radius 1 is 1.25 bits per heavy atom. The second-order valence-corrected chi connectivity index (χ2v) is 7.33. The molecule has 0 N–H and O–H groups in total. The molecule has 28 heavy (non-hydrogen) atoms. The first-order chi connectivity index (χ1) is 13.5. The first-order valence-corrected chi connectivity index (χ1v) is 9.84. The van der Waals surface area contributed by atoms with Crippen molar-refractivity contribution in [3.05, 3.63) is 52.9 Å². The lowest BCUT2D eigenvalue weighted by Gasteiger charge is -2.17. The van der Waals surface area contributed by atoms with Crippen molar-refractivity contribution in [3.63, 3.8) is 0 Å². The van der Waals surface area contributed by atoms with Crippen LogP contribution in [0.15, 0.2) is 33.9 Å². The number of para-hydroxylation sites is 1. The number of nitrogens with zero attached hydrogens (tertiary/aromatic N) is 4. The molecule has 3 aromatic rings. The molecule has 0 aliphatic carbocycles. The molecule has 2 aromatic heterocycles. The molecule has 0 saturated carbocycles. The molecule has 1 aromatic carbocycles. The molecule has 7 nitrogen and oxygen atoms in total. The summed E-state index contributed by atoms with van der Waals surface area (Å²) in [6.45, 7) is 6.41. The van der Waals surface area contributed by atoms with Gasteiger partial charge in [0.1, 0.15) is 12.4 Å². The fourth-order valence-corrected chi connectivity index (χ4v) is 4.02. The minimum Gasteiger partial charge on any atom is -0.483 e. The second kappa shape index (κ2) is 9.20. The maximum absolute atomic E-state index is 13.8. The van der Waals surface area contributed by atoms with Gasteiger partial charge in [0.2, 0.25) is 0 Å². The smallest absolute Gasteiger partial charge is 0.191 e. The zero-order chi connectivity index (χ0) is 20.1. The Bertz CT molecular complexity index is 908. The molecule has 150 valence electrons. The Hall–Kier alpha value is -2.39. The number of ether oxygens (including phenoxy) is 2. The van der Waals surface area contributed by atoms with E-state index in [0.29, 0.717) is 18.2 Å². The van der Waals surface area contributed by atoms with E-state index in [-0.39, 0.29) is 18.4 Å². The van der Waals surface area contributed by atoms with Crippen LogP contribution in [-0.2, 0) is 17.1 Å². The summed E-state index contributed by atoms with van der Waals surface area (Å²) >= 11 is 1.54. The van der Waals surface area contributed by atoms with Gasteiger partial charge >= 0.3 is 0 Å². The summed E-state index contributed by atoms with van der Waals surface area (Å²) in [6.07, 6.45) is 0. The van der Waals surface area contributed by atoms with E-state index in [1.54, 1.807) is 25.3 Å². The van der Waals surface area contributed by atoms with Crippen molar-refractivity contribution in [2.45, 2.75) is 44.3 Å². The highest BCUT2D eigenvalue weighted by atomic mass is 32.2. The van der Waals surface area contributed by atoms with Gasteiger partial charge < -0.3 is 14.0 Å². The maximum Gasteiger partial charge on any atom is 0.191 e. The molecule has 9 heteroatoms. The number of aryl methyl sites for hydroxylation is 2. The number of thioether (sulfide) groups is 1. The molecule has 0 fully saturated rings. The lowest BCUT2D eigenvalue weighted by molar-refractivity contribution is 0.154. The Balaban J connectivity index is 1.79. The normalized spacial score (nSPS) is 12.3. The number of rotatable bonds is 9. The Labute approximate surface area is 167 Å². The standard InChI is InChI=1S/C19H23FN4O3S/c1-12(9-25-4)24-18(10-26-17-8-6-5-7-16(17)20)21-22-19(24)28-11-15-13(2)23-27-14(15)3/h5-8,12H,9-11H2,1-4H3/t12-/m1/s1. The summed E-state index contributed by atoms with van der Waals surface area (Å²) < 4.78 is 31.9. The summed E-state index contributed by atoms with van der Waals surface area (Å²) in [5.74, 6) is 1.83. The zero-order valence-corrected chi connectivity index (χ0v) is 17.1. The minimum atomic E-state index is -0.411. The van der Waals surface area contributed by atoms with E-state index in [1.807, 2.05) is 25.3 Å². The Morgan fingerprint density at radius 3 is 2.71 bits per heavy atom. The third kappa shape index (κ3) is 4.53. The van der Waals surface area contributed by atoms with Crippen LogP contribution >= 0.6 is 11.8 Å². The number of halogens is 1. The third-order valence-electron chi connectivity index (χ3n) is 4.30. The van der Waals surface area contributed by atoms with Gasteiger partial charge in [0.25, 0.3) is 0 Å². The van der Waals surface area contributed by atoms with Gasteiger partial charge in [0.05, 0.1) is 18.3 Å². The Morgan fingerprint density at radius 2 is 2.04 bits per heavy atom. The van der Waals surface area contributed by atoms with Crippen molar-refractivity contribution < 1.29 is 18.4 Å². The summed E-state index contributed by atoms with van der Waals surface area (Å²) in [6, 6.07) is 6.28. The van der Waals surface area contributed by atoms with E-state index < -0.39 is 5.82 Å². The molecule has 0 spiro atoms. The number of benzene rings is 1. The van der Waals surface area contributed by atoms with E-state index in [1.165, 1.54) is 17.8 Å². The highest BCUT2D eigenvalue weighted by Crippen LogP contribution is 2.28. The predicted molar refractivity (Wildman–Crippen MR) is 103 cm³/mol. The molecule has 0 aliphatic heterocycles. The number of hydrogen-bond acceptors (Lipinski definition) is 7. The minimum absolute atomic E-state index is 0.00797. The zero-order valence-electron chi connectivity index (χ0n) is 16.3. The van der Waals surface area contributed by atoms with Crippen LogP contribution in [0.4, 0.5) is 4.39 Å². The molecule has 1 atom stereocenters. The fraction of sp³-hybridized carbons (Fsp3) is 0.421. The highest BCUT2D eigenvalue weighted by Gasteiger charge is 2.20. The summed E-state index contributed by atoms with van der Waals surface area (Å²) in [5.41, 5.74) is 1.91. The average Bonchev–Trinajstić information content (AvgIpc) is 3.22. The highest BCUT2D eigenvalue weighted by molar-refractivity contribution is 7.98. The second-order valence-electron chi connectivity index (χ2n) is 6.38. The van der Waals surface area contributed by atoms with E-state index in [4.69, 9.17) is 14.0 Å². The number of aromatic nitrogens is 4. The first kappa shape index (κ1) is 20.3. The van der Waals surface area contributed by atoms with Crippen LogP contribution in [0, 0.1) is 19.7 Å². The average molecular weight is 406 g/mol. The van der Waals surface area contributed by atoms with Crippen LogP contribution in [0.3, 0.4) is 0 Å². The molecule has 0 radical (unpaired) electrons. The number of hydrogen-bond donors (Lipinski definition) is 0. The van der Waals surface area contributed by atoms with Gasteiger partial charge in [-0.3, -0.25) is 4.57 Å². The molecule has 0 aliphatic rings. The van der Waals surface area contributed by atoms with Crippen LogP contribution < -0.4 is 4.74 Å². The van der Waals surface area contributed by atoms with Gasteiger partial charge in [0.15, 0.2) is 22.5 Å². The summed E-state index contributed by atoms with van der Waals surface area (Å²) in [5, 5.41) is 13.3. The predicted octanol–water partition coefficient (Wildman–Crippen LogP) is 4.10. The Kier molecular flexibility index (Phi) is 6.69. The van der Waals surface area contributed by atoms with Gasteiger partial charge in [-0.25, -0.2) is 4.39 Å². The van der Waals surface area contributed by atoms with Crippen LogP contribution in [0.1, 0.15) is 35.8 Å². The van der Waals surface area contributed by atoms with E-state index in [2.05, 4.69) is 15.4 Å². The van der Waals surface area contributed by atoms with Gasteiger partial charge in [-0.2, -0.15) is 0 Å². The molecule has 0 bridgehead atoms. The molecule has 2 heterocycles. The molecule has 3 rings (SSSR count). The van der Waals surface area contributed by atoms with Crippen molar-refractivity contribution in [2.24, 2.45) is 0 Å². The van der Waals surface area contributed by atoms with E-state index in [0.717, 1.165) is 22.2 Å². The largest absolute Gasteiger partial charge is 0.483 e. The monoisotopic (exact) mass is 406 g/mol. The number of methoxy groups -OCH3 is 1. The van der Waals surface area contributed by atoms with E-state index >= 15 is 0 Å². The van der Waals surface area contributed by atoms with Crippen molar-refractivity contribution in [1.82, 2.24) is 19.9 Å². The van der Waals surface area contributed by atoms with Crippen molar-refractivity contribution in [1.29, 1.82) is 0 Å². The van der Waals surface area contributed by atoms with Gasteiger partial charge in [-0.1, -0.05) is 29.1 Å². The first-order valence-electron chi connectivity index (χ1n) is 8.85. The lowest BCUT2D eigenvalue weighted by Crippen LogP contribution is -2.16. The van der Waals surface area contributed by atoms with Crippen molar-refractivity contribution >= 4 is 11.8 Å². The van der Waals surface area contributed by atoms with E-state index in [9.17, 15) is 4.39 Å². The van der Waals surface area contributed by atoms with Crippen molar-refractivity contribution in [2.75, 3.05) is 13.7 Å².